The van der Waals surface area contributed by atoms with E-state index in [2.05, 4.69) is 6.92 Å². The molecular weight excluding hydrogens is 392 g/mol. The number of hydrogen-bond acceptors (Lipinski definition) is 4. The minimum atomic E-state index is -0.807. The highest BCUT2D eigenvalue weighted by Gasteiger charge is 2.58. The zero-order valence-electron chi connectivity index (χ0n) is 19.1. The highest BCUT2D eigenvalue weighted by atomic mass is 16.5. The van der Waals surface area contributed by atoms with E-state index in [0.29, 0.717) is 36.2 Å². The standard InChI is InChI=1S/C26H40O5/c1-13-3-4-16-15(13)5-6-20(16)23-12-31-26(30)24(23)21-10-9-17-18(21)7-8-19(17)22(11-27)14(2)25(28)29/h13-24,27H,3-12H2,1-2H3,(H,28,29). The van der Waals surface area contributed by atoms with Gasteiger partial charge in [-0.15, -0.1) is 0 Å². The van der Waals surface area contributed by atoms with Crippen molar-refractivity contribution < 1.29 is 24.5 Å². The molecule has 1 saturated heterocycles. The Morgan fingerprint density at radius 1 is 0.903 bits per heavy atom. The monoisotopic (exact) mass is 432 g/mol. The lowest BCUT2D eigenvalue weighted by molar-refractivity contribution is -0.145. The average Bonchev–Trinajstić information content (AvgIpc) is 3.52. The van der Waals surface area contributed by atoms with Gasteiger partial charge < -0.3 is 14.9 Å². The van der Waals surface area contributed by atoms with Crippen LogP contribution in [0.25, 0.3) is 0 Å². The lowest BCUT2D eigenvalue weighted by Crippen LogP contribution is -2.35. The minimum Gasteiger partial charge on any atom is -0.481 e. The number of carbonyl (C=O) groups is 2. The normalized spacial score (nSPS) is 48.4. The van der Waals surface area contributed by atoms with Gasteiger partial charge in [0, 0.05) is 12.5 Å². The van der Waals surface area contributed by atoms with Gasteiger partial charge in [0.25, 0.3) is 0 Å². The van der Waals surface area contributed by atoms with Crippen LogP contribution in [0.4, 0.5) is 0 Å². The molecule has 0 bridgehead atoms. The molecule has 5 rings (SSSR count). The molecule has 4 aliphatic carbocycles. The van der Waals surface area contributed by atoms with E-state index in [1.54, 1.807) is 6.92 Å². The van der Waals surface area contributed by atoms with E-state index in [0.717, 1.165) is 43.4 Å². The van der Waals surface area contributed by atoms with Gasteiger partial charge >= 0.3 is 11.9 Å². The summed E-state index contributed by atoms with van der Waals surface area (Å²) >= 11 is 0. The third-order valence-electron chi connectivity index (χ3n) is 10.9. The molecule has 0 aromatic carbocycles. The minimum absolute atomic E-state index is 0.0474. The van der Waals surface area contributed by atoms with Crippen molar-refractivity contribution in [3.8, 4) is 0 Å². The fourth-order valence-electron chi connectivity index (χ4n) is 9.42. The maximum atomic E-state index is 13.0. The molecule has 5 aliphatic rings. The second-order valence-corrected chi connectivity index (χ2v) is 11.7. The van der Waals surface area contributed by atoms with Gasteiger partial charge in [-0.25, -0.2) is 0 Å². The summed E-state index contributed by atoms with van der Waals surface area (Å²) < 4.78 is 5.74. The number of hydrogen-bond donors (Lipinski definition) is 2. The molecule has 174 valence electrons. The molecule has 2 N–H and O–H groups in total. The Hall–Kier alpha value is -1.10. The fourth-order valence-corrected chi connectivity index (χ4v) is 9.42. The quantitative estimate of drug-likeness (QED) is 0.614. The third kappa shape index (κ3) is 3.45. The molecule has 0 amide bonds. The molecule has 5 nitrogen and oxygen atoms in total. The molecule has 0 aromatic heterocycles. The van der Waals surface area contributed by atoms with Gasteiger partial charge in [-0.2, -0.15) is 0 Å². The van der Waals surface area contributed by atoms with E-state index < -0.39 is 11.9 Å². The van der Waals surface area contributed by atoms with Gasteiger partial charge in [0.2, 0.25) is 0 Å². The zero-order valence-corrected chi connectivity index (χ0v) is 19.1. The van der Waals surface area contributed by atoms with Crippen molar-refractivity contribution in [2.45, 2.75) is 65.2 Å². The Kier molecular flexibility index (Phi) is 5.85. The van der Waals surface area contributed by atoms with E-state index in [9.17, 15) is 19.8 Å². The summed E-state index contributed by atoms with van der Waals surface area (Å²) in [6.07, 6.45) is 9.49. The number of aliphatic carboxylic acids is 1. The van der Waals surface area contributed by atoms with Crippen molar-refractivity contribution in [1.82, 2.24) is 0 Å². The average molecular weight is 433 g/mol. The summed E-state index contributed by atoms with van der Waals surface area (Å²) in [6.45, 7) is 4.73. The molecule has 12 unspecified atom stereocenters. The predicted octanol–water partition coefficient (Wildman–Crippen LogP) is 4.23. The number of ether oxygens (including phenoxy) is 1. The Morgan fingerprint density at radius 2 is 1.48 bits per heavy atom. The van der Waals surface area contributed by atoms with E-state index >= 15 is 0 Å². The number of esters is 1. The largest absolute Gasteiger partial charge is 0.481 e. The molecule has 1 heterocycles. The van der Waals surface area contributed by atoms with Crippen molar-refractivity contribution in [2.75, 3.05) is 13.2 Å². The third-order valence-corrected chi connectivity index (χ3v) is 10.9. The van der Waals surface area contributed by atoms with Gasteiger partial charge in [-0.05, 0) is 98.2 Å². The van der Waals surface area contributed by atoms with Gasteiger partial charge in [0.15, 0.2) is 0 Å². The Bertz CT molecular complexity index is 706. The first kappa shape index (κ1) is 21.7. The summed E-state index contributed by atoms with van der Waals surface area (Å²) in [5.74, 6) is 3.76. The molecule has 0 spiro atoms. The fraction of sp³-hybridized carbons (Fsp3) is 0.923. The van der Waals surface area contributed by atoms with Gasteiger partial charge in [0.1, 0.15) is 0 Å². The second-order valence-electron chi connectivity index (χ2n) is 11.7. The number of carbonyl (C=O) groups excluding carboxylic acids is 1. The van der Waals surface area contributed by atoms with Crippen molar-refractivity contribution >= 4 is 11.9 Å². The maximum Gasteiger partial charge on any atom is 0.309 e. The molecule has 0 aromatic rings. The number of aliphatic hydroxyl groups is 1. The second kappa shape index (κ2) is 8.35. The van der Waals surface area contributed by atoms with Crippen LogP contribution < -0.4 is 0 Å². The van der Waals surface area contributed by atoms with E-state index in [1.807, 2.05) is 0 Å². The lowest BCUT2D eigenvalue weighted by atomic mass is 9.69. The number of rotatable bonds is 6. The molecule has 4 saturated carbocycles. The van der Waals surface area contributed by atoms with E-state index in [4.69, 9.17) is 4.74 Å². The van der Waals surface area contributed by atoms with Crippen LogP contribution in [0, 0.1) is 71.0 Å². The van der Waals surface area contributed by atoms with Crippen LogP contribution in [0.3, 0.4) is 0 Å². The lowest BCUT2D eigenvalue weighted by Gasteiger charge is -2.33. The van der Waals surface area contributed by atoms with Crippen LogP contribution in [0.1, 0.15) is 65.2 Å². The first-order valence-corrected chi connectivity index (χ1v) is 12.9. The number of fused-ring (bicyclic) bond motifs is 2. The molecule has 5 heteroatoms. The molecule has 12 atom stereocenters. The van der Waals surface area contributed by atoms with Gasteiger partial charge in [-0.1, -0.05) is 20.3 Å². The molecule has 31 heavy (non-hydrogen) atoms. The van der Waals surface area contributed by atoms with E-state index in [1.165, 1.54) is 25.7 Å². The highest BCUT2D eigenvalue weighted by molar-refractivity contribution is 5.75. The Labute approximate surface area is 186 Å². The van der Waals surface area contributed by atoms with E-state index in [-0.39, 0.29) is 30.3 Å². The number of carboxylic acid groups (broad SMARTS) is 1. The topological polar surface area (TPSA) is 83.8 Å². The van der Waals surface area contributed by atoms with Crippen LogP contribution >= 0.6 is 0 Å². The highest BCUT2D eigenvalue weighted by Crippen LogP contribution is 2.60. The summed E-state index contributed by atoms with van der Waals surface area (Å²) in [5, 5.41) is 19.5. The SMILES string of the molecule is CC1CCC2C1CCC2C1COC(=O)C1C1CCC2C(C(CO)C(C)C(=O)O)CCC21. The van der Waals surface area contributed by atoms with Crippen LogP contribution in [0.15, 0.2) is 0 Å². The first-order chi connectivity index (χ1) is 14.9. The van der Waals surface area contributed by atoms with Crippen molar-refractivity contribution in [1.29, 1.82) is 0 Å². The summed E-state index contributed by atoms with van der Waals surface area (Å²) in [6, 6.07) is 0. The molecule has 0 radical (unpaired) electrons. The number of carboxylic acids is 1. The first-order valence-electron chi connectivity index (χ1n) is 12.9. The summed E-state index contributed by atoms with van der Waals surface area (Å²) in [5.41, 5.74) is 0. The number of cyclic esters (lactones) is 1. The smallest absolute Gasteiger partial charge is 0.309 e. The maximum absolute atomic E-state index is 13.0. The summed E-state index contributed by atoms with van der Waals surface area (Å²) in [7, 11) is 0. The van der Waals surface area contributed by atoms with Crippen LogP contribution in [0.5, 0.6) is 0 Å². The van der Waals surface area contributed by atoms with Crippen LogP contribution in [0.2, 0.25) is 0 Å². The van der Waals surface area contributed by atoms with Crippen molar-refractivity contribution in [3.63, 3.8) is 0 Å². The van der Waals surface area contributed by atoms with Crippen molar-refractivity contribution in [3.05, 3.63) is 0 Å². The van der Waals surface area contributed by atoms with Crippen LogP contribution in [-0.2, 0) is 14.3 Å². The van der Waals surface area contributed by atoms with Crippen molar-refractivity contribution in [2.24, 2.45) is 71.0 Å². The summed E-state index contributed by atoms with van der Waals surface area (Å²) in [4.78, 5) is 24.6. The molecular formula is C26H40O5. The molecule has 1 aliphatic heterocycles. The zero-order chi connectivity index (χ0) is 21.9. The Balaban J connectivity index is 1.32. The van der Waals surface area contributed by atoms with Crippen LogP contribution in [-0.4, -0.2) is 35.4 Å². The predicted molar refractivity (Wildman–Crippen MR) is 116 cm³/mol. The number of aliphatic hydroxyl groups excluding tert-OH is 1. The Morgan fingerprint density at radius 3 is 2.23 bits per heavy atom. The van der Waals surface area contributed by atoms with Gasteiger partial charge in [-0.3, -0.25) is 9.59 Å². The van der Waals surface area contributed by atoms with Gasteiger partial charge in [0.05, 0.1) is 18.4 Å². The molecule has 5 fully saturated rings.